The zero-order valence-electron chi connectivity index (χ0n) is 10.4. The fourth-order valence-electron chi connectivity index (χ4n) is 2.80. The molecule has 0 aliphatic carbocycles. The summed E-state index contributed by atoms with van der Waals surface area (Å²) in [7, 11) is 0. The van der Waals surface area contributed by atoms with Crippen molar-refractivity contribution in [3.05, 3.63) is 15.2 Å². The average molecular weight is 381 g/mol. The van der Waals surface area contributed by atoms with Gasteiger partial charge >= 0.3 is 5.69 Å². The van der Waals surface area contributed by atoms with Crippen molar-refractivity contribution in [2.24, 2.45) is 0 Å². The number of nitrogen functional groups attached to an aromatic ring is 1. The quantitative estimate of drug-likeness (QED) is 0.500. The maximum Gasteiger partial charge on any atom is 0.353 e. The molecule has 0 radical (unpaired) electrons. The van der Waals surface area contributed by atoms with Crippen molar-refractivity contribution in [3.8, 4) is 0 Å². The van der Waals surface area contributed by atoms with Crippen molar-refractivity contribution < 1.29 is 14.9 Å². The van der Waals surface area contributed by atoms with E-state index >= 15 is 0 Å². The number of aliphatic hydroxyl groups excluding tert-OH is 2. The van der Waals surface area contributed by atoms with Gasteiger partial charge in [-0.25, -0.2) is 14.3 Å². The monoisotopic (exact) mass is 379 g/mol. The Bertz CT molecular complexity index is 792. The van der Waals surface area contributed by atoms with Gasteiger partial charge in [0.1, 0.15) is 23.8 Å². The van der Waals surface area contributed by atoms with Crippen LogP contribution >= 0.6 is 28.3 Å². The molecule has 4 rings (SSSR count). The van der Waals surface area contributed by atoms with Crippen molar-refractivity contribution in [2.45, 2.75) is 31.1 Å². The van der Waals surface area contributed by atoms with E-state index in [4.69, 9.17) is 10.5 Å². The summed E-state index contributed by atoms with van der Waals surface area (Å²) in [5.74, 6) is 0.0218. The first-order chi connectivity index (χ1) is 9.49. The molecule has 2 aliphatic heterocycles. The number of hydrogen-bond donors (Lipinski definition) is 3. The van der Waals surface area contributed by atoms with Crippen molar-refractivity contribution in [3.63, 3.8) is 0 Å². The molecular weight excluding hydrogens is 369 g/mol. The average Bonchev–Trinajstić information content (AvgIpc) is 2.78. The molecule has 0 unspecified atom stereocenters. The SMILES string of the molecule is Cl.Nc1nc(=O)n2c3c1nc(Br)n3C[C@H]1O[C@@H]2[C@H](O)[C@@H]1O. The normalized spacial score (nSPS) is 30.2. The first-order valence-corrected chi connectivity index (χ1v) is 6.73. The van der Waals surface area contributed by atoms with Crippen LogP contribution in [0.3, 0.4) is 0 Å². The zero-order valence-corrected chi connectivity index (χ0v) is 12.8. The molecule has 114 valence electrons. The number of hydrogen-bond acceptors (Lipinski definition) is 7. The van der Waals surface area contributed by atoms with E-state index in [2.05, 4.69) is 25.9 Å². The number of fused-ring (bicyclic) bond motifs is 3. The fraction of sp³-hybridized carbons (Fsp3) is 0.500. The Kier molecular flexibility index (Phi) is 3.26. The topological polar surface area (TPSA) is 128 Å². The molecule has 1 fully saturated rings. The largest absolute Gasteiger partial charge is 0.387 e. The summed E-state index contributed by atoms with van der Waals surface area (Å²) in [6.45, 7) is 0.245. The first-order valence-electron chi connectivity index (χ1n) is 5.94. The van der Waals surface area contributed by atoms with E-state index in [0.717, 1.165) is 0 Å². The van der Waals surface area contributed by atoms with Gasteiger partial charge in [-0.1, -0.05) is 0 Å². The molecule has 4 heterocycles. The molecule has 0 saturated carbocycles. The minimum Gasteiger partial charge on any atom is -0.387 e. The number of rotatable bonds is 0. The predicted octanol–water partition coefficient (Wildman–Crippen LogP) is -1.01. The second-order valence-corrected chi connectivity index (χ2v) is 5.57. The van der Waals surface area contributed by atoms with Gasteiger partial charge in [-0.3, -0.25) is 0 Å². The van der Waals surface area contributed by atoms with Crippen LogP contribution in [-0.4, -0.2) is 47.6 Å². The zero-order chi connectivity index (χ0) is 14.2. The molecule has 4 atom stereocenters. The van der Waals surface area contributed by atoms with Crippen molar-refractivity contribution in [1.29, 1.82) is 0 Å². The summed E-state index contributed by atoms with van der Waals surface area (Å²) in [5.41, 5.74) is 5.85. The Morgan fingerprint density at radius 3 is 2.76 bits per heavy atom. The van der Waals surface area contributed by atoms with Gasteiger partial charge < -0.3 is 25.3 Å². The number of imidazole rings is 1. The maximum absolute atomic E-state index is 12.1. The first kappa shape index (κ1) is 14.7. The van der Waals surface area contributed by atoms with E-state index in [1.807, 2.05) is 0 Å². The fourth-order valence-corrected chi connectivity index (χ4v) is 3.29. The van der Waals surface area contributed by atoms with Crippen LogP contribution in [-0.2, 0) is 11.3 Å². The lowest BCUT2D eigenvalue weighted by atomic mass is 10.1. The van der Waals surface area contributed by atoms with Crippen LogP contribution in [0.2, 0.25) is 0 Å². The minimum atomic E-state index is -1.20. The highest BCUT2D eigenvalue weighted by molar-refractivity contribution is 9.10. The minimum absolute atomic E-state index is 0. The summed E-state index contributed by atoms with van der Waals surface area (Å²) in [6, 6.07) is 0. The highest BCUT2D eigenvalue weighted by atomic mass is 79.9. The van der Waals surface area contributed by atoms with Gasteiger partial charge in [0, 0.05) is 0 Å². The van der Waals surface area contributed by atoms with Crippen LogP contribution in [0.1, 0.15) is 6.23 Å². The standard InChI is InChI=1S/C10H10BrN5O4.ClH/c11-9-13-3-6(12)14-10(19)16-7(3)15(9)1-2-4(17)5(18)8(16)20-2;/h2,4-5,8,17-18H,1H2,(H2,12,14,19);1H/t2-,4-,5-,8-;/m1./s1. The second kappa shape index (κ2) is 4.65. The number of anilines is 1. The van der Waals surface area contributed by atoms with E-state index in [1.165, 1.54) is 4.57 Å². The van der Waals surface area contributed by atoms with Crippen molar-refractivity contribution >= 4 is 45.3 Å². The van der Waals surface area contributed by atoms with Gasteiger partial charge in [-0.2, -0.15) is 4.98 Å². The lowest BCUT2D eigenvalue weighted by Crippen LogP contribution is -2.39. The van der Waals surface area contributed by atoms with Gasteiger partial charge in [0.15, 0.2) is 22.4 Å². The summed E-state index contributed by atoms with van der Waals surface area (Å²) >= 11 is 3.29. The van der Waals surface area contributed by atoms with E-state index in [-0.39, 0.29) is 24.8 Å². The van der Waals surface area contributed by atoms with E-state index < -0.39 is 30.2 Å². The molecule has 9 nitrogen and oxygen atoms in total. The molecular formula is C10H11BrClN5O4. The molecule has 21 heavy (non-hydrogen) atoms. The van der Waals surface area contributed by atoms with Crippen LogP contribution in [0, 0.1) is 0 Å². The van der Waals surface area contributed by atoms with Gasteiger partial charge in [0.05, 0.1) is 6.54 Å². The predicted molar refractivity (Wildman–Crippen MR) is 77.1 cm³/mol. The Balaban J connectivity index is 0.00000132. The van der Waals surface area contributed by atoms with Crippen LogP contribution in [0.15, 0.2) is 9.53 Å². The molecule has 2 aromatic heterocycles. The van der Waals surface area contributed by atoms with E-state index in [0.29, 0.717) is 15.9 Å². The molecule has 11 heteroatoms. The third kappa shape index (κ3) is 1.77. The highest BCUT2D eigenvalue weighted by Crippen LogP contribution is 2.36. The molecule has 1 saturated heterocycles. The molecule has 2 bridgehead atoms. The Labute approximate surface area is 131 Å². The number of nitrogens with two attached hydrogens (primary N) is 1. The van der Waals surface area contributed by atoms with E-state index in [1.54, 1.807) is 4.57 Å². The van der Waals surface area contributed by atoms with Gasteiger partial charge in [-0.05, 0) is 15.9 Å². The number of aromatic nitrogens is 4. The second-order valence-electron chi connectivity index (χ2n) is 4.86. The summed E-state index contributed by atoms with van der Waals surface area (Å²) in [4.78, 5) is 20.0. The summed E-state index contributed by atoms with van der Waals surface area (Å²) < 4.78 is 8.88. The Hall–Kier alpha value is -1.20. The summed E-state index contributed by atoms with van der Waals surface area (Å²) in [6.07, 6.45) is -3.91. The van der Waals surface area contributed by atoms with Crippen LogP contribution in [0.4, 0.5) is 5.82 Å². The van der Waals surface area contributed by atoms with Gasteiger partial charge in [0.25, 0.3) is 0 Å². The molecule has 2 aliphatic rings. The third-order valence-electron chi connectivity index (χ3n) is 3.74. The lowest BCUT2D eigenvalue weighted by molar-refractivity contribution is -0.0353. The smallest absolute Gasteiger partial charge is 0.353 e. The number of halogens is 2. The van der Waals surface area contributed by atoms with E-state index in [9.17, 15) is 15.0 Å². The lowest BCUT2D eigenvalue weighted by Gasteiger charge is -2.20. The molecule has 0 amide bonds. The molecule has 0 spiro atoms. The van der Waals surface area contributed by atoms with Gasteiger partial charge in [-0.15, -0.1) is 12.4 Å². The maximum atomic E-state index is 12.1. The van der Waals surface area contributed by atoms with Crippen LogP contribution in [0.5, 0.6) is 0 Å². The molecule has 0 aromatic carbocycles. The van der Waals surface area contributed by atoms with Crippen molar-refractivity contribution in [1.82, 2.24) is 19.1 Å². The molecule has 2 aromatic rings. The third-order valence-corrected chi connectivity index (χ3v) is 4.35. The number of ether oxygens (including phenoxy) is 1. The number of aliphatic hydroxyl groups is 2. The van der Waals surface area contributed by atoms with Crippen LogP contribution in [0.25, 0.3) is 11.2 Å². The number of nitrogens with zero attached hydrogens (tertiary/aromatic N) is 4. The van der Waals surface area contributed by atoms with Crippen molar-refractivity contribution in [2.75, 3.05) is 5.73 Å². The van der Waals surface area contributed by atoms with Crippen LogP contribution < -0.4 is 11.4 Å². The Morgan fingerprint density at radius 2 is 2.05 bits per heavy atom. The van der Waals surface area contributed by atoms with Gasteiger partial charge in [0.2, 0.25) is 0 Å². The Morgan fingerprint density at radius 1 is 1.33 bits per heavy atom. The summed E-state index contributed by atoms with van der Waals surface area (Å²) in [5, 5.41) is 20.0. The highest BCUT2D eigenvalue weighted by Gasteiger charge is 2.47. The molecule has 4 N–H and O–H groups in total.